The molecule has 2 fully saturated rings. The molecule has 3 aliphatic rings. The third-order valence-electron chi connectivity index (χ3n) is 10.8. The van der Waals surface area contributed by atoms with Gasteiger partial charge in [0.25, 0.3) is 0 Å². The molecule has 7 rings (SSSR count). The Morgan fingerprint density at radius 1 is 0.945 bits per heavy atom. The largest absolute Gasteiger partial charge is 0.447 e. The van der Waals surface area contributed by atoms with Crippen LogP contribution in [0.1, 0.15) is 36.0 Å². The van der Waals surface area contributed by atoms with E-state index in [4.69, 9.17) is 4.74 Å². The topological polar surface area (TPSA) is 190 Å². The van der Waals surface area contributed by atoms with Gasteiger partial charge in [-0.1, -0.05) is 12.1 Å². The van der Waals surface area contributed by atoms with Crippen molar-refractivity contribution in [1.29, 1.82) is 0 Å². The molecule has 0 unspecified atom stereocenters. The van der Waals surface area contributed by atoms with Crippen molar-refractivity contribution in [2.45, 2.75) is 51.1 Å². The van der Waals surface area contributed by atoms with Crippen molar-refractivity contribution >= 4 is 46.3 Å². The van der Waals surface area contributed by atoms with Crippen molar-refractivity contribution in [1.82, 2.24) is 45.9 Å². The molecule has 2 atom stereocenters. The summed E-state index contributed by atoms with van der Waals surface area (Å²) in [4.78, 5) is 69.4. The Kier molecular flexibility index (Phi) is 12.0. The first-order chi connectivity index (χ1) is 26.8. The highest BCUT2D eigenvalue weighted by molar-refractivity contribution is 5.92. The number of carbonyl (C=O) groups excluding carboxylic acids is 4. The quantitative estimate of drug-likeness (QED) is 0.170. The maximum atomic E-state index is 14.5. The number of cyclic esters (lactones) is 1. The molecule has 55 heavy (non-hydrogen) atoms. The summed E-state index contributed by atoms with van der Waals surface area (Å²) in [5.41, 5.74) is 4.50. The van der Waals surface area contributed by atoms with Gasteiger partial charge in [0.2, 0.25) is 11.8 Å². The maximum absolute atomic E-state index is 14.5. The zero-order chi connectivity index (χ0) is 38.1. The van der Waals surface area contributed by atoms with E-state index in [2.05, 4.69) is 46.3 Å². The van der Waals surface area contributed by atoms with Gasteiger partial charge in [-0.2, -0.15) is 5.10 Å². The second kappa shape index (κ2) is 17.6. The second-order valence-electron chi connectivity index (χ2n) is 14.5. The first-order valence-corrected chi connectivity index (χ1v) is 19.1. The zero-order valence-electron chi connectivity index (χ0n) is 31.1. The van der Waals surface area contributed by atoms with Gasteiger partial charge in [-0.15, -0.1) is 0 Å². The number of nitrogens with zero attached hydrogens (tertiary/aromatic N) is 6. The number of H-pyrrole nitrogens is 1. The molecule has 6 heterocycles. The molecule has 1 aromatic carbocycles. The SMILES string of the molecule is Cc1cc(C[C@@H](NC(=O)N2CCOC(=O)Nc3ncccc3CC2)C(=O)N[C@@H](CC2CCNCC2)C(=O)N2CCN(c3ccncc3)CC2)cc2cn[nH]c12. The zero-order valence-corrected chi connectivity index (χ0v) is 31.1. The van der Waals surface area contributed by atoms with E-state index < -0.39 is 30.1 Å². The fourth-order valence-electron chi connectivity index (χ4n) is 7.72. The van der Waals surface area contributed by atoms with Gasteiger partial charge in [0, 0.05) is 68.8 Å². The molecule has 0 spiro atoms. The number of amides is 5. The number of rotatable bonds is 9. The van der Waals surface area contributed by atoms with Crippen molar-refractivity contribution in [2.75, 3.05) is 69.2 Å². The summed E-state index contributed by atoms with van der Waals surface area (Å²) in [5.74, 6) is 0.0877. The van der Waals surface area contributed by atoms with Crippen LogP contribution in [0.4, 0.5) is 21.1 Å². The normalized spacial score (nSPS) is 18.1. The molecule has 3 aliphatic heterocycles. The number of hydrogen-bond acceptors (Lipinski definition) is 10. The predicted molar refractivity (Wildman–Crippen MR) is 207 cm³/mol. The molecule has 0 radical (unpaired) electrons. The number of anilines is 2. The number of fused-ring (bicyclic) bond motifs is 2. The summed E-state index contributed by atoms with van der Waals surface area (Å²) >= 11 is 0. The number of ether oxygens (including phenoxy) is 1. The van der Waals surface area contributed by atoms with Crippen LogP contribution in [-0.4, -0.2) is 125 Å². The number of urea groups is 1. The smallest absolute Gasteiger partial charge is 0.412 e. The Morgan fingerprint density at radius 3 is 2.55 bits per heavy atom. The average molecular weight is 752 g/mol. The van der Waals surface area contributed by atoms with Crippen LogP contribution in [0.15, 0.2) is 61.2 Å². The first kappa shape index (κ1) is 37.5. The van der Waals surface area contributed by atoms with Crippen molar-refractivity contribution in [2.24, 2.45) is 5.92 Å². The lowest BCUT2D eigenvalue weighted by Gasteiger charge is -2.38. The van der Waals surface area contributed by atoms with Crippen LogP contribution in [-0.2, 0) is 27.2 Å². The van der Waals surface area contributed by atoms with Crippen LogP contribution in [0.3, 0.4) is 0 Å². The molecule has 16 heteroatoms. The number of carbonyl (C=O) groups is 4. The van der Waals surface area contributed by atoms with E-state index >= 15 is 0 Å². The standard InChI is InChI=1S/C39H49N11O5/c1-26-21-28(22-30-25-43-47-34(26)30)24-32(45-38(53)50-14-8-29-3-2-9-42-35(29)46-39(54)55-20-19-50)36(51)44-33(23-27-4-10-40-11-5-27)37(52)49-17-15-48(16-18-49)31-6-12-41-13-7-31/h2-3,6-7,9,12-13,21-22,25,27,32-33,40H,4-5,8,10-11,14-20,23-24H2,1H3,(H,43,47)(H,44,51)(H,45,53)(H,42,46,54)/t32-,33+/m1/s1. The number of hydrogen-bond donors (Lipinski definition) is 5. The van der Waals surface area contributed by atoms with Crippen LogP contribution in [0.2, 0.25) is 0 Å². The molecule has 0 saturated carbocycles. The lowest BCUT2D eigenvalue weighted by atomic mass is 9.90. The summed E-state index contributed by atoms with van der Waals surface area (Å²) in [7, 11) is 0. The van der Waals surface area contributed by atoms with Gasteiger partial charge < -0.3 is 35.4 Å². The van der Waals surface area contributed by atoms with E-state index in [9.17, 15) is 19.2 Å². The van der Waals surface area contributed by atoms with Crippen molar-refractivity contribution in [3.8, 4) is 0 Å². The Balaban J connectivity index is 1.11. The van der Waals surface area contributed by atoms with Gasteiger partial charge >= 0.3 is 12.1 Å². The van der Waals surface area contributed by atoms with E-state index in [1.807, 2.05) is 42.2 Å². The van der Waals surface area contributed by atoms with Gasteiger partial charge in [0.15, 0.2) is 0 Å². The average Bonchev–Trinajstić information content (AvgIpc) is 3.69. The third-order valence-corrected chi connectivity index (χ3v) is 10.8. The van der Waals surface area contributed by atoms with Crippen molar-refractivity contribution in [3.63, 3.8) is 0 Å². The number of piperidine rings is 1. The highest BCUT2D eigenvalue weighted by Crippen LogP contribution is 2.23. The molecule has 16 nitrogen and oxygen atoms in total. The Morgan fingerprint density at radius 2 is 1.75 bits per heavy atom. The minimum absolute atomic E-state index is 0.0458. The lowest BCUT2D eigenvalue weighted by Crippen LogP contribution is -2.59. The molecule has 290 valence electrons. The molecule has 3 aromatic heterocycles. The van der Waals surface area contributed by atoms with Crippen molar-refractivity contribution < 1.29 is 23.9 Å². The fraction of sp³-hybridized carbons (Fsp3) is 0.462. The summed E-state index contributed by atoms with van der Waals surface area (Å²) in [5, 5.41) is 20.3. The summed E-state index contributed by atoms with van der Waals surface area (Å²) in [6.07, 6.45) is 9.11. The van der Waals surface area contributed by atoms with E-state index in [0.29, 0.717) is 51.4 Å². The molecular formula is C39H49N11O5. The van der Waals surface area contributed by atoms with Gasteiger partial charge in [-0.05, 0) is 92.6 Å². The van der Waals surface area contributed by atoms with Crippen LogP contribution in [0, 0.1) is 12.8 Å². The Bertz CT molecular complexity index is 1960. The lowest BCUT2D eigenvalue weighted by molar-refractivity contribution is -0.137. The Labute approximate surface area is 319 Å². The Hall–Kier alpha value is -5.77. The molecule has 5 amide bonds. The summed E-state index contributed by atoms with van der Waals surface area (Å²) < 4.78 is 5.34. The monoisotopic (exact) mass is 751 g/mol. The number of aromatic amines is 1. The van der Waals surface area contributed by atoms with E-state index in [0.717, 1.165) is 59.2 Å². The summed E-state index contributed by atoms with van der Waals surface area (Å²) in [6, 6.07) is 9.21. The number of piperazine rings is 1. The fourth-order valence-corrected chi connectivity index (χ4v) is 7.72. The maximum Gasteiger partial charge on any atom is 0.412 e. The van der Waals surface area contributed by atoms with Crippen LogP contribution in [0.25, 0.3) is 10.9 Å². The van der Waals surface area contributed by atoms with Crippen LogP contribution < -0.4 is 26.2 Å². The molecule has 2 saturated heterocycles. The minimum atomic E-state index is -1.02. The van der Waals surface area contributed by atoms with Gasteiger partial charge in [-0.3, -0.25) is 25.0 Å². The van der Waals surface area contributed by atoms with Gasteiger partial charge in [0.1, 0.15) is 24.5 Å². The number of nitrogens with one attached hydrogen (secondary N) is 5. The van der Waals surface area contributed by atoms with E-state index in [1.54, 1.807) is 35.8 Å². The number of aryl methyl sites for hydroxylation is 1. The van der Waals surface area contributed by atoms with Gasteiger partial charge in [0.05, 0.1) is 18.3 Å². The van der Waals surface area contributed by atoms with E-state index in [1.165, 1.54) is 0 Å². The predicted octanol–water partition coefficient (Wildman–Crippen LogP) is 2.61. The van der Waals surface area contributed by atoms with Crippen LogP contribution in [0.5, 0.6) is 0 Å². The number of pyridine rings is 2. The number of aromatic nitrogens is 4. The van der Waals surface area contributed by atoms with Crippen LogP contribution >= 0.6 is 0 Å². The molecule has 5 N–H and O–H groups in total. The molecule has 0 aliphatic carbocycles. The first-order valence-electron chi connectivity index (χ1n) is 19.1. The van der Waals surface area contributed by atoms with Gasteiger partial charge in [-0.25, -0.2) is 14.6 Å². The third kappa shape index (κ3) is 9.49. The molecular weight excluding hydrogens is 703 g/mol. The molecule has 0 bridgehead atoms. The highest BCUT2D eigenvalue weighted by Gasteiger charge is 2.34. The highest BCUT2D eigenvalue weighted by atomic mass is 16.5. The summed E-state index contributed by atoms with van der Waals surface area (Å²) in [6.45, 7) is 6.44. The number of benzene rings is 1. The van der Waals surface area contributed by atoms with E-state index in [-0.39, 0.29) is 31.4 Å². The minimum Gasteiger partial charge on any atom is -0.447 e. The van der Waals surface area contributed by atoms with Crippen molar-refractivity contribution in [3.05, 3.63) is 77.9 Å². The molecule has 4 aromatic rings. The second-order valence-corrected chi connectivity index (χ2v) is 14.5.